The first kappa shape index (κ1) is 14.8. The third-order valence-corrected chi connectivity index (χ3v) is 4.14. The Labute approximate surface area is 139 Å². The Bertz CT molecular complexity index is 888. The van der Waals surface area contributed by atoms with Gasteiger partial charge in [-0.15, -0.1) is 0 Å². The molecule has 5 nitrogen and oxygen atoms in total. The lowest BCUT2D eigenvalue weighted by atomic mass is 10.0. The lowest BCUT2D eigenvalue weighted by Gasteiger charge is -2.14. The van der Waals surface area contributed by atoms with Gasteiger partial charge < -0.3 is 18.5 Å². The van der Waals surface area contributed by atoms with E-state index in [9.17, 15) is 5.11 Å². The number of hydrogen-bond acceptors (Lipinski definition) is 4. The molecule has 4 rings (SSSR count). The first-order valence-electron chi connectivity index (χ1n) is 7.97. The van der Waals surface area contributed by atoms with Crippen molar-refractivity contribution < 1.29 is 13.9 Å². The van der Waals surface area contributed by atoms with E-state index in [0.717, 1.165) is 28.3 Å². The molecule has 5 heteroatoms. The minimum atomic E-state index is 0.0495. The summed E-state index contributed by atoms with van der Waals surface area (Å²) in [6.45, 7) is 0.724. The van der Waals surface area contributed by atoms with Gasteiger partial charge in [0.15, 0.2) is 11.6 Å². The molecule has 0 radical (unpaired) electrons. The van der Waals surface area contributed by atoms with Crippen molar-refractivity contribution in [1.82, 2.24) is 9.55 Å². The highest BCUT2D eigenvalue weighted by Gasteiger charge is 2.16. The highest BCUT2D eigenvalue weighted by atomic mass is 16.3. The molecule has 0 bridgehead atoms. The average molecular weight is 322 g/mol. The van der Waals surface area contributed by atoms with Crippen LogP contribution in [0.25, 0.3) is 22.6 Å². The monoisotopic (exact) mass is 322 g/mol. The SMILES string of the molecule is OCC(Cc1ccco1)Cn1ccnc1-c1cc2ccccc2o1. The number of nitrogens with zero attached hydrogens (tertiary/aromatic N) is 2. The number of fused-ring (bicyclic) bond motifs is 1. The van der Waals surface area contributed by atoms with Crippen LogP contribution < -0.4 is 0 Å². The Morgan fingerprint density at radius 2 is 2.08 bits per heavy atom. The second-order valence-electron chi connectivity index (χ2n) is 5.88. The first-order valence-corrected chi connectivity index (χ1v) is 7.97. The third-order valence-electron chi connectivity index (χ3n) is 4.14. The maximum atomic E-state index is 9.70. The summed E-state index contributed by atoms with van der Waals surface area (Å²) in [6, 6.07) is 13.7. The topological polar surface area (TPSA) is 64.3 Å². The molecule has 4 aromatic rings. The van der Waals surface area contributed by atoms with Crippen LogP contribution in [0.4, 0.5) is 0 Å². The second kappa shape index (κ2) is 6.37. The Hall–Kier alpha value is -2.79. The number of rotatable bonds is 6. The summed E-state index contributed by atoms with van der Waals surface area (Å²) >= 11 is 0. The van der Waals surface area contributed by atoms with Gasteiger partial charge in [0.05, 0.1) is 6.26 Å². The molecule has 0 aliphatic heterocycles. The summed E-state index contributed by atoms with van der Waals surface area (Å²) in [5.41, 5.74) is 0.844. The van der Waals surface area contributed by atoms with Gasteiger partial charge in [0.2, 0.25) is 0 Å². The van der Waals surface area contributed by atoms with Crippen molar-refractivity contribution in [1.29, 1.82) is 0 Å². The summed E-state index contributed by atoms with van der Waals surface area (Å²) < 4.78 is 13.3. The number of aliphatic hydroxyl groups is 1. The quantitative estimate of drug-likeness (QED) is 0.587. The summed E-state index contributed by atoms with van der Waals surface area (Å²) in [5.74, 6) is 2.42. The molecule has 122 valence electrons. The van der Waals surface area contributed by atoms with Crippen molar-refractivity contribution >= 4 is 11.0 Å². The van der Waals surface area contributed by atoms with E-state index in [1.54, 1.807) is 12.5 Å². The van der Waals surface area contributed by atoms with Crippen molar-refractivity contribution in [2.24, 2.45) is 5.92 Å². The number of aromatic nitrogens is 2. The van der Waals surface area contributed by atoms with Gasteiger partial charge in [-0.25, -0.2) is 4.98 Å². The molecule has 24 heavy (non-hydrogen) atoms. The summed E-state index contributed by atoms with van der Waals surface area (Å²) in [6.07, 6.45) is 6.00. The number of benzene rings is 1. The zero-order valence-electron chi connectivity index (χ0n) is 13.1. The van der Waals surface area contributed by atoms with Gasteiger partial charge in [0.1, 0.15) is 11.3 Å². The van der Waals surface area contributed by atoms with Crippen LogP contribution in [0.1, 0.15) is 5.76 Å². The predicted octanol–water partition coefficient (Wildman–Crippen LogP) is 3.74. The lowest BCUT2D eigenvalue weighted by Crippen LogP contribution is -2.17. The molecule has 3 aromatic heterocycles. The fourth-order valence-corrected chi connectivity index (χ4v) is 2.95. The normalized spacial score (nSPS) is 12.7. The lowest BCUT2D eigenvalue weighted by molar-refractivity contribution is 0.204. The van der Waals surface area contributed by atoms with Crippen LogP contribution >= 0.6 is 0 Å². The van der Waals surface area contributed by atoms with E-state index >= 15 is 0 Å². The summed E-state index contributed by atoms with van der Waals surface area (Å²) in [5, 5.41) is 10.8. The van der Waals surface area contributed by atoms with Gasteiger partial charge in [-0.05, 0) is 24.3 Å². The van der Waals surface area contributed by atoms with E-state index in [1.165, 1.54) is 0 Å². The number of para-hydroxylation sites is 1. The largest absolute Gasteiger partial charge is 0.469 e. The Kier molecular flexibility index (Phi) is 3.92. The molecule has 0 saturated heterocycles. The van der Waals surface area contributed by atoms with Crippen molar-refractivity contribution in [2.75, 3.05) is 6.61 Å². The van der Waals surface area contributed by atoms with Crippen LogP contribution in [0.3, 0.4) is 0 Å². The van der Waals surface area contributed by atoms with Gasteiger partial charge >= 0.3 is 0 Å². The zero-order chi connectivity index (χ0) is 16.4. The van der Waals surface area contributed by atoms with Crippen LogP contribution in [0.5, 0.6) is 0 Å². The zero-order valence-corrected chi connectivity index (χ0v) is 13.1. The van der Waals surface area contributed by atoms with Crippen LogP contribution in [0, 0.1) is 5.92 Å². The minimum Gasteiger partial charge on any atom is -0.469 e. The first-order chi connectivity index (χ1) is 11.8. The number of hydrogen-bond donors (Lipinski definition) is 1. The van der Waals surface area contributed by atoms with Crippen molar-refractivity contribution in [2.45, 2.75) is 13.0 Å². The molecule has 0 saturated carbocycles. The molecule has 0 fully saturated rings. The molecule has 0 aliphatic rings. The van der Waals surface area contributed by atoms with Gasteiger partial charge in [-0.3, -0.25) is 0 Å². The van der Waals surface area contributed by atoms with Gasteiger partial charge in [-0.1, -0.05) is 18.2 Å². The highest BCUT2D eigenvalue weighted by Crippen LogP contribution is 2.27. The fourth-order valence-electron chi connectivity index (χ4n) is 2.95. The molecule has 0 aliphatic carbocycles. The molecule has 0 amide bonds. The molecule has 1 aromatic carbocycles. The highest BCUT2D eigenvalue weighted by molar-refractivity contribution is 5.81. The minimum absolute atomic E-state index is 0.0495. The second-order valence-corrected chi connectivity index (χ2v) is 5.88. The molecule has 1 N–H and O–H groups in total. The predicted molar refractivity (Wildman–Crippen MR) is 90.4 cm³/mol. The van der Waals surface area contributed by atoms with Crippen molar-refractivity contribution in [3.63, 3.8) is 0 Å². The number of imidazole rings is 1. The van der Waals surface area contributed by atoms with Crippen LogP contribution in [0.2, 0.25) is 0 Å². The van der Waals surface area contributed by atoms with Gasteiger partial charge in [-0.2, -0.15) is 0 Å². The standard InChI is InChI=1S/C19H18N2O3/c22-13-14(10-16-5-3-9-23-16)12-21-8-7-20-19(21)18-11-15-4-1-2-6-17(15)24-18/h1-9,11,14,22H,10,12-13H2. The molecular formula is C19H18N2O3. The van der Waals surface area contributed by atoms with Crippen molar-refractivity contribution in [3.8, 4) is 11.6 Å². The molecule has 0 spiro atoms. The fraction of sp³-hybridized carbons (Fsp3) is 0.211. The molecule has 3 heterocycles. The third kappa shape index (κ3) is 2.86. The van der Waals surface area contributed by atoms with Crippen LogP contribution in [-0.4, -0.2) is 21.3 Å². The smallest absolute Gasteiger partial charge is 0.176 e. The molecular weight excluding hydrogens is 304 g/mol. The maximum Gasteiger partial charge on any atom is 0.176 e. The summed E-state index contributed by atoms with van der Waals surface area (Å²) in [7, 11) is 0. The van der Waals surface area contributed by atoms with E-state index in [-0.39, 0.29) is 12.5 Å². The average Bonchev–Trinajstić information content (AvgIpc) is 3.34. The van der Waals surface area contributed by atoms with Gasteiger partial charge in [0.25, 0.3) is 0 Å². The summed E-state index contributed by atoms with van der Waals surface area (Å²) in [4.78, 5) is 4.43. The van der Waals surface area contributed by atoms with E-state index in [0.29, 0.717) is 13.0 Å². The van der Waals surface area contributed by atoms with E-state index in [2.05, 4.69) is 4.98 Å². The Morgan fingerprint density at radius 1 is 1.17 bits per heavy atom. The van der Waals surface area contributed by atoms with E-state index < -0.39 is 0 Å². The molecule has 1 atom stereocenters. The number of aliphatic hydroxyl groups excluding tert-OH is 1. The van der Waals surface area contributed by atoms with Crippen molar-refractivity contribution in [3.05, 3.63) is 66.9 Å². The van der Waals surface area contributed by atoms with Crippen LogP contribution in [0.15, 0.2) is 70.0 Å². The van der Waals surface area contributed by atoms with E-state index in [4.69, 9.17) is 8.83 Å². The van der Waals surface area contributed by atoms with Gasteiger partial charge in [0, 0.05) is 43.3 Å². The maximum absolute atomic E-state index is 9.70. The molecule has 1 unspecified atom stereocenters. The Morgan fingerprint density at radius 3 is 2.88 bits per heavy atom. The number of furan rings is 2. The Balaban J connectivity index is 1.59. The van der Waals surface area contributed by atoms with E-state index in [1.807, 2.05) is 53.2 Å². The van der Waals surface area contributed by atoms with Crippen LogP contribution in [-0.2, 0) is 13.0 Å².